The number of nitrogens with one attached hydrogen (secondary N) is 2. The molecule has 0 fully saturated rings. The molecule has 0 saturated heterocycles. The summed E-state index contributed by atoms with van der Waals surface area (Å²) in [5.41, 5.74) is 0. The quantitative estimate of drug-likeness (QED) is 0.0458. The fraction of sp³-hybridized carbons (Fsp3) is 0.841. The van der Waals surface area contributed by atoms with E-state index in [1.165, 1.54) is 32.1 Å². The maximum Gasteiger partial charge on any atom is 0.326 e. The number of carboxylic acids is 2. The lowest BCUT2D eigenvalue weighted by Crippen LogP contribution is -2.41. The number of methoxy groups -OCH3 is 1. The monoisotopic (exact) mass is 845 g/mol. The van der Waals surface area contributed by atoms with Gasteiger partial charge in [0.1, 0.15) is 30.8 Å². The fourth-order valence-corrected chi connectivity index (χ4v) is 5.80. The third kappa shape index (κ3) is 45.7. The van der Waals surface area contributed by atoms with Crippen LogP contribution in [0.3, 0.4) is 0 Å². The molecule has 0 saturated carbocycles. The number of hydrogen-bond acceptors (Lipinski definition) is 11. The topological polar surface area (TPSA) is 221 Å². The third-order valence-corrected chi connectivity index (χ3v) is 9.28. The zero-order valence-corrected chi connectivity index (χ0v) is 36.8. The van der Waals surface area contributed by atoms with Crippen molar-refractivity contribution in [2.45, 2.75) is 180 Å². The zero-order valence-electron chi connectivity index (χ0n) is 36.8. The van der Waals surface area contributed by atoms with Crippen molar-refractivity contribution in [1.29, 1.82) is 0 Å². The van der Waals surface area contributed by atoms with Gasteiger partial charge in [-0.25, -0.2) is 4.79 Å². The van der Waals surface area contributed by atoms with Crippen LogP contribution in [0.25, 0.3) is 0 Å². The number of amides is 2. The molecule has 0 aliphatic carbocycles. The van der Waals surface area contributed by atoms with Crippen molar-refractivity contribution >= 4 is 41.1 Å². The van der Waals surface area contributed by atoms with Gasteiger partial charge in [-0.2, -0.15) is 0 Å². The molecule has 59 heavy (non-hydrogen) atoms. The molecule has 0 aromatic heterocycles. The van der Waals surface area contributed by atoms with Crippen molar-refractivity contribution in [3.63, 3.8) is 0 Å². The molecule has 344 valence electrons. The number of carboxylic acid groups (broad SMARTS) is 2. The first-order valence-corrected chi connectivity index (χ1v) is 22.2. The average Bonchev–Trinajstić information content (AvgIpc) is 3.20. The molecular formula is C44H80N2O13. The summed E-state index contributed by atoms with van der Waals surface area (Å²) < 4.78 is 20.6. The minimum Gasteiger partial charge on any atom is -0.481 e. The Hall–Kier alpha value is -3.27. The van der Waals surface area contributed by atoms with Crippen LogP contribution in [-0.4, -0.2) is 117 Å². The summed E-state index contributed by atoms with van der Waals surface area (Å²) in [5, 5.41) is 23.1. The van der Waals surface area contributed by atoms with Gasteiger partial charge in [-0.15, -0.1) is 0 Å². The molecule has 4 N–H and O–H groups in total. The smallest absolute Gasteiger partial charge is 0.326 e. The fourth-order valence-electron chi connectivity index (χ4n) is 5.80. The van der Waals surface area contributed by atoms with Crippen molar-refractivity contribution in [1.82, 2.24) is 10.6 Å². The highest BCUT2D eigenvalue weighted by molar-refractivity contribution is 5.84. The molecule has 0 aromatic carbocycles. The second-order valence-corrected chi connectivity index (χ2v) is 14.8. The lowest BCUT2D eigenvalue weighted by atomic mass is 10.0. The van der Waals surface area contributed by atoms with Crippen LogP contribution in [0.4, 0.5) is 0 Å². The van der Waals surface area contributed by atoms with Crippen molar-refractivity contribution in [2.75, 3.05) is 59.9 Å². The number of aliphatic carboxylic acids is 2. The third-order valence-electron chi connectivity index (χ3n) is 9.28. The van der Waals surface area contributed by atoms with Crippen LogP contribution in [0.1, 0.15) is 174 Å². The lowest BCUT2D eigenvalue weighted by molar-refractivity contribution is -0.142. The second kappa shape index (κ2) is 44.3. The van der Waals surface area contributed by atoms with Crippen molar-refractivity contribution in [3.8, 4) is 0 Å². The summed E-state index contributed by atoms with van der Waals surface area (Å²) in [6.07, 6.45) is 19.8. The molecule has 1 atom stereocenters. The number of hydrogen-bond donors (Lipinski definition) is 4. The first-order valence-electron chi connectivity index (χ1n) is 22.2. The molecule has 0 heterocycles. The molecule has 0 radical (unpaired) electrons. The van der Waals surface area contributed by atoms with Gasteiger partial charge in [0.05, 0.1) is 19.8 Å². The van der Waals surface area contributed by atoms with Gasteiger partial charge < -0.3 is 39.8 Å². The van der Waals surface area contributed by atoms with E-state index in [1.54, 1.807) is 7.11 Å². The van der Waals surface area contributed by atoms with E-state index in [2.05, 4.69) is 10.6 Å². The van der Waals surface area contributed by atoms with Crippen molar-refractivity contribution < 1.29 is 62.7 Å². The molecule has 2 amide bonds. The highest BCUT2D eigenvalue weighted by Crippen LogP contribution is 2.13. The Morgan fingerprint density at radius 2 is 1.00 bits per heavy atom. The van der Waals surface area contributed by atoms with E-state index < -0.39 is 18.0 Å². The lowest BCUT2D eigenvalue weighted by Gasteiger charge is -2.14. The maximum absolute atomic E-state index is 12.0. The Kier molecular flexibility index (Phi) is 43.4. The number of ketones is 3. The van der Waals surface area contributed by atoms with E-state index in [-0.39, 0.29) is 61.6 Å². The van der Waals surface area contributed by atoms with Crippen molar-refractivity contribution in [3.05, 3.63) is 0 Å². The highest BCUT2D eigenvalue weighted by atomic mass is 16.5. The molecular weight excluding hydrogens is 764 g/mol. The first-order chi connectivity index (χ1) is 28.5. The second-order valence-electron chi connectivity index (χ2n) is 14.8. The number of carbonyl (C=O) groups is 7. The number of rotatable bonds is 43. The molecule has 0 aliphatic heterocycles. The molecule has 0 bridgehead atoms. The summed E-state index contributed by atoms with van der Waals surface area (Å²) in [4.78, 5) is 79.7. The Bertz CT molecular complexity index is 1100. The van der Waals surface area contributed by atoms with E-state index in [0.29, 0.717) is 78.1 Å². The SMILES string of the molecule is CCCOCC(=O)NCCOCCOCC(=O)CCCCCC(=O)CC.COCCCC(=O)CC[C@H](NC(=O)CCCCCCCCCCCCCCC(=O)O)C(=O)O. The first kappa shape index (κ1) is 57.8. The van der Waals surface area contributed by atoms with E-state index >= 15 is 0 Å². The number of Topliss-reactive ketones (excluding diaryl/α,β-unsaturated/α-hetero) is 3. The van der Waals surface area contributed by atoms with E-state index in [4.69, 9.17) is 24.1 Å². The molecule has 0 unspecified atom stereocenters. The van der Waals surface area contributed by atoms with Gasteiger partial charge in [0.25, 0.3) is 0 Å². The molecule has 0 spiro atoms. The van der Waals surface area contributed by atoms with Gasteiger partial charge in [0.15, 0.2) is 5.78 Å². The molecule has 15 heteroatoms. The van der Waals surface area contributed by atoms with Crippen LogP contribution in [0.15, 0.2) is 0 Å². The van der Waals surface area contributed by atoms with Crippen molar-refractivity contribution in [2.24, 2.45) is 0 Å². The summed E-state index contributed by atoms with van der Waals surface area (Å²) in [7, 11) is 1.57. The Morgan fingerprint density at radius 1 is 0.492 bits per heavy atom. The van der Waals surface area contributed by atoms with Crippen LogP contribution in [-0.2, 0) is 52.5 Å². The van der Waals surface area contributed by atoms with Crippen LogP contribution >= 0.6 is 0 Å². The van der Waals surface area contributed by atoms with Gasteiger partial charge in [0, 0.05) is 71.8 Å². The number of unbranched alkanes of at least 4 members (excludes halogenated alkanes) is 13. The summed E-state index contributed by atoms with van der Waals surface area (Å²) in [6.45, 7) is 6.67. The van der Waals surface area contributed by atoms with Gasteiger partial charge in [-0.3, -0.25) is 28.8 Å². The van der Waals surface area contributed by atoms with Gasteiger partial charge >= 0.3 is 11.9 Å². The summed E-state index contributed by atoms with van der Waals surface area (Å²) in [6, 6.07) is -1.01. The van der Waals surface area contributed by atoms with Gasteiger partial charge in [0.2, 0.25) is 11.8 Å². The van der Waals surface area contributed by atoms with Crippen LogP contribution in [0.5, 0.6) is 0 Å². The van der Waals surface area contributed by atoms with E-state index in [1.807, 2.05) is 13.8 Å². The highest BCUT2D eigenvalue weighted by Gasteiger charge is 2.20. The predicted molar refractivity (Wildman–Crippen MR) is 226 cm³/mol. The number of ether oxygens (including phenoxy) is 4. The standard InChI is InChI=1S/C25H45NO7.C19H35NO6/c1-33-20-14-15-21(27)18-19-22(25(31)32)26-23(28)16-12-10-8-6-4-2-3-5-7-9-11-13-17-24(29)30;1-3-11-25-16-19(23)20-10-12-24-13-14-26-15-18(22)9-7-5-6-8-17(21)4-2/h22H,2-20H2,1H3,(H,26,28)(H,29,30)(H,31,32);3-16H2,1-2H3,(H,20,23)/t22-;/m0./s1. The summed E-state index contributed by atoms with van der Waals surface area (Å²) >= 11 is 0. The molecule has 15 nitrogen and oxygen atoms in total. The summed E-state index contributed by atoms with van der Waals surface area (Å²) in [5.74, 6) is -1.88. The predicted octanol–water partition coefficient (Wildman–Crippen LogP) is 6.94. The maximum atomic E-state index is 12.0. The molecule has 0 aliphatic rings. The van der Waals surface area contributed by atoms with E-state index in [9.17, 15) is 38.7 Å². The van der Waals surface area contributed by atoms with Crippen LogP contribution in [0.2, 0.25) is 0 Å². The number of carbonyl (C=O) groups excluding carboxylic acids is 5. The Balaban J connectivity index is 0. The molecule has 0 aromatic rings. The van der Waals surface area contributed by atoms with Gasteiger partial charge in [-0.1, -0.05) is 84.5 Å². The van der Waals surface area contributed by atoms with Crippen LogP contribution in [0, 0.1) is 0 Å². The minimum atomic E-state index is -1.10. The van der Waals surface area contributed by atoms with Crippen LogP contribution < -0.4 is 10.6 Å². The minimum absolute atomic E-state index is 0.0108. The average molecular weight is 845 g/mol. The van der Waals surface area contributed by atoms with E-state index in [0.717, 1.165) is 70.6 Å². The Morgan fingerprint density at radius 3 is 1.56 bits per heavy atom. The Labute approximate surface area is 354 Å². The largest absolute Gasteiger partial charge is 0.481 e. The molecule has 0 rings (SSSR count). The van der Waals surface area contributed by atoms with Gasteiger partial charge in [-0.05, 0) is 44.9 Å². The zero-order chi connectivity index (χ0) is 44.2. The normalized spacial score (nSPS) is 11.3.